The van der Waals surface area contributed by atoms with E-state index in [1.807, 2.05) is 0 Å². The van der Waals surface area contributed by atoms with Crippen LogP contribution < -0.4 is 5.32 Å². The van der Waals surface area contributed by atoms with E-state index in [-0.39, 0.29) is 0 Å². The van der Waals surface area contributed by atoms with Crippen LogP contribution in [0.3, 0.4) is 0 Å². The van der Waals surface area contributed by atoms with Crippen molar-refractivity contribution in [3.63, 3.8) is 0 Å². The van der Waals surface area contributed by atoms with Crippen molar-refractivity contribution in [3.8, 4) is 0 Å². The predicted molar refractivity (Wildman–Crippen MR) is 59.4 cm³/mol. The number of benzene rings is 1. The fourth-order valence-electron chi connectivity index (χ4n) is 1.37. The van der Waals surface area contributed by atoms with Gasteiger partial charge in [0.25, 0.3) is 0 Å². The van der Waals surface area contributed by atoms with E-state index in [1.165, 1.54) is 11.1 Å². The van der Waals surface area contributed by atoms with Crippen molar-refractivity contribution < 1.29 is 4.74 Å². The van der Waals surface area contributed by atoms with Crippen LogP contribution in [0.15, 0.2) is 24.3 Å². The SMILES string of the molecule is COCCCNCc1ccccc1C. The largest absolute Gasteiger partial charge is 0.385 e. The molecule has 1 aromatic carbocycles. The average Bonchev–Trinajstić information content (AvgIpc) is 2.20. The second-order valence-corrected chi connectivity index (χ2v) is 3.45. The van der Waals surface area contributed by atoms with Crippen molar-refractivity contribution >= 4 is 0 Å². The Morgan fingerprint density at radius 1 is 1.29 bits per heavy atom. The van der Waals surface area contributed by atoms with E-state index in [1.54, 1.807) is 7.11 Å². The first-order valence-corrected chi connectivity index (χ1v) is 5.08. The molecule has 0 heterocycles. The zero-order chi connectivity index (χ0) is 10.2. The number of methoxy groups -OCH3 is 1. The molecule has 2 nitrogen and oxygen atoms in total. The minimum Gasteiger partial charge on any atom is -0.385 e. The lowest BCUT2D eigenvalue weighted by Crippen LogP contribution is -2.16. The molecule has 0 aliphatic heterocycles. The highest BCUT2D eigenvalue weighted by Gasteiger charge is 1.95. The van der Waals surface area contributed by atoms with Gasteiger partial charge in [-0.25, -0.2) is 0 Å². The molecule has 78 valence electrons. The zero-order valence-electron chi connectivity index (χ0n) is 9.05. The van der Waals surface area contributed by atoms with Crippen molar-refractivity contribution in [1.29, 1.82) is 0 Å². The number of hydrogen-bond donors (Lipinski definition) is 1. The second kappa shape index (κ2) is 6.57. The van der Waals surface area contributed by atoms with Crippen LogP contribution in [0.1, 0.15) is 17.5 Å². The van der Waals surface area contributed by atoms with Crippen LogP contribution >= 0.6 is 0 Å². The topological polar surface area (TPSA) is 21.3 Å². The molecule has 0 fully saturated rings. The van der Waals surface area contributed by atoms with Crippen molar-refractivity contribution in [2.75, 3.05) is 20.3 Å². The molecule has 0 spiro atoms. The molecular formula is C12H19NO. The molecule has 0 aliphatic carbocycles. The van der Waals surface area contributed by atoms with Gasteiger partial charge >= 0.3 is 0 Å². The Balaban J connectivity index is 2.21. The van der Waals surface area contributed by atoms with Crippen molar-refractivity contribution in [1.82, 2.24) is 5.32 Å². The van der Waals surface area contributed by atoms with E-state index in [2.05, 4.69) is 36.5 Å². The molecule has 0 aliphatic rings. The molecule has 0 saturated heterocycles. The number of nitrogens with one attached hydrogen (secondary N) is 1. The van der Waals surface area contributed by atoms with Gasteiger partial charge in [0.15, 0.2) is 0 Å². The Morgan fingerprint density at radius 2 is 2.07 bits per heavy atom. The molecule has 0 atom stereocenters. The Bertz CT molecular complexity index is 260. The maximum atomic E-state index is 4.98. The summed E-state index contributed by atoms with van der Waals surface area (Å²) >= 11 is 0. The second-order valence-electron chi connectivity index (χ2n) is 3.45. The molecule has 1 N–H and O–H groups in total. The summed E-state index contributed by atoms with van der Waals surface area (Å²) in [7, 11) is 1.74. The molecule has 0 amide bonds. The molecule has 0 bridgehead atoms. The maximum Gasteiger partial charge on any atom is 0.0474 e. The first kappa shape index (κ1) is 11.2. The summed E-state index contributed by atoms with van der Waals surface area (Å²) in [6, 6.07) is 8.47. The summed E-state index contributed by atoms with van der Waals surface area (Å²) in [5.41, 5.74) is 2.73. The Morgan fingerprint density at radius 3 is 2.79 bits per heavy atom. The summed E-state index contributed by atoms with van der Waals surface area (Å²) < 4.78 is 4.98. The lowest BCUT2D eigenvalue weighted by atomic mass is 10.1. The maximum absolute atomic E-state index is 4.98. The van der Waals surface area contributed by atoms with Crippen LogP contribution in [-0.2, 0) is 11.3 Å². The number of rotatable bonds is 6. The third kappa shape index (κ3) is 3.90. The minimum absolute atomic E-state index is 0.834. The summed E-state index contributed by atoms with van der Waals surface area (Å²) in [4.78, 5) is 0. The molecule has 2 heteroatoms. The number of hydrogen-bond acceptors (Lipinski definition) is 2. The summed E-state index contributed by atoms with van der Waals surface area (Å²) in [6.45, 7) is 4.95. The highest BCUT2D eigenvalue weighted by atomic mass is 16.5. The van der Waals surface area contributed by atoms with Crippen LogP contribution in [-0.4, -0.2) is 20.3 Å². The van der Waals surface area contributed by atoms with Gasteiger partial charge in [-0.15, -0.1) is 0 Å². The van der Waals surface area contributed by atoms with Crippen molar-refractivity contribution in [2.45, 2.75) is 19.9 Å². The normalized spacial score (nSPS) is 10.4. The van der Waals surface area contributed by atoms with Gasteiger partial charge in [0.1, 0.15) is 0 Å². The van der Waals surface area contributed by atoms with Crippen LogP contribution in [0.2, 0.25) is 0 Å². The monoisotopic (exact) mass is 193 g/mol. The van der Waals surface area contributed by atoms with Gasteiger partial charge in [0.2, 0.25) is 0 Å². The van der Waals surface area contributed by atoms with E-state index in [0.29, 0.717) is 0 Å². The Hall–Kier alpha value is -0.860. The molecule has 0 saturated carbocycles. The number of ether oxygens (including phenoxy) is 1. The minimum atomic E-state index is 0.834. The van der Waals surface area contributed by atoms with Crippen LogP contribution in [0, 0.1) is 6.92 Å². The summed E-state index contributed by atoms with van der Waals surface area (Å²) in [5, 5.41) is 3.40. The zero-order valence-corrected chi connectivity index (χ0v) is 9.05. The van der Waals surface area contributed by atoms with Gasteiger partial charge in [-0.2, -0.15) is 0 Å². The highest BCUT2D eigenvalue weighted by Crippen LogP contribution is 2.05. The van der Waals surface area contributed by atoms with E-state index in [4.69, 9.17) is 4.74 Å². The van der Waals surface area contributed by atoms with Gasteiger partial charge in [0, 0.05) is 20.3 Å². The van der Waals surface area contributed by atoms with Gasteiger partial charge < -0.3 is 10.1 Å². The summed E-state index contributed by atoms with van der Waals surface area (Å²) in [6.07, 6.45) is 1.07. The molecule has 0 radical (unpaired) electrons. The molecular weight excluding hydrogens is 174 g/mol. The van der Waals surface area contributed by atoms with Crippen LogP contribution in [0.4, 0.5) is 0 Å². The van der Waals surface area contributed by atoms with Gasteiger partial charge in [-0.3, -0.25) is 0 Å². The Labute approximate surface area is 86.3 Å². The smallest absolute Gasteiger partial charge is 0.0474 e. The van der Waals surface area contributed by atoms with E-state index in [0.717, 1.165) is 26.1 Å². The predicted octanol–water partition coefficient (Wildman–Crippen LogP) is 2.12. The first-order chi connectivity index (χ1) is 6.84. The van der Waals surface area contributed by atoms with Crippen molar-refractivity contribution in [2.24, 2.45) is 0 Å². The molecule has 1 rings (SSSR count). The average molecular weight is 193 g/mol. The van der Waals surface area contributed by atoms with E-state index >= 15 is 0 Å². The molecule has 14 heavy (non-hydrogen) atoms. The lowest BCUT2D eigenvalue weighted by Gasteiger charge is -2.06. The van der Waals surface area contributed by atoms with Gasteiger partial charge in [0.05, 0.1) is 0 Å². The summed E-state index contributed by atoms with van der Waals surface area (Å²) in [5.74, 6) is 0. The first-order valence-electron chi connectivity index (χ1n) is 5.08. The molecule has 0 aromatic heterocycles. The van der Waals surface area contributed by atoms with Crippen molar-refractivity contribution in [3.05, 3.63) is 35.4 Å². The fourth-order valence-corrected chi connectivity index (χ4v) is 1.37. The Kier molecular flexibility index (Phi) is 5.27. The van der Waals surface area contributed by atoms with E-state index < -0.39 is 0 Å². The third-order valence-corrected chi connectivity index (χ3v) is 2.28. The number of aryl methyl sites for hydroxylation is 1. The van der Waals surface area contributed by atoms with E-state index in [9.17, 15) is 0 Å². The lowest BCUT2D eigenvalue weighted by molar-refractivity contribution is 0.194. The van der Waals surface area contributed by atoms with Gasteiger partial charge in [-0.1, -0.05) is 24.3 Å². The molecule has 1 aromatic rings. The quantitative estimate of drug-likeness (QED) is 0.699. The highest BCUT2D eigenvalue weighted by molar-refractivity contribution is 5.25. The fraction of sp³-hybridized carbons (Fsp3) is 0.500. The standard InChI is InChI=1S/C12H19NO/c1-11-6-3-4-7-12(11)10-13-8-5-9-14-2/h3-4,6-7,13H,5,8-10H2,1-2H3. The molecule has 0 unspecified atom stereocenters. The van der Waals surface area contributed by atoms with Crippen LogP contribution in [0.25, 0.3) is 0 Å². The third-order valence-electron chi connectivity index (χ3n) is 2.28. The van der Waals surface area contributed by atoms with Gasteiger partial charge in [-0.05, 0) is 31.0 Å². The van der Waals surface area contributed by atoms with Crippen LogP contribution in [0.5, 0.6) is 0 Å².